The van der Waals surface area contributed by atoms with Gasteiger partial charge >= 0.3 is 5.97 Å². The number of anilines is 1. The van der Waals surface area contributed by atoms with E-state index in [9.17, 15) is 4.79 Å². The van der Waals surface area contributed by atoms with Gasteiger partial charge in [0.1, 0.15) is 10.6 Å². The number of esters is 1. The fourth-order valence-electron chi connectivity index (χ4n) is 3.32. The molecular formula is C23H23N3O3S. The molecule has 4 rings (SSSR count). The number of aromatic amines is 1. The Kier molecular flexibility index (Phi) is 5.99. The second-order valence-electron chi connectivity index (χ2n) is 6.69. The number of methoxy groups -OCH3 is 1. The lowest BCUT2D eigenvalue weighted by molar-refractivity contribution is 0.0532. The number of rotatable bonds is 8. The summed E-state index contributed by atoms with van der Waals surface area (Å²) in [6.45, 7) is 2.82. The molecule has 0 saturated carbocycles. The average Bonchev–Trinajstić information content (AvgIpc) is 3.39. The van der Waals surface area contributed by atoms with Gasteiger partial charge in [0, 0.05) is 29.2 Å². The molecule has 0 spiro atoms. The standard InChI is InChI=1S/C23H23N3O3S/c1-3-29-22(27)21-20(15-7-5-4-6-8-15)26-23(30-21)24-12-11-16-14-25-19-10-9-17(28-2)13-18(16)19/h4-10,13-14,25H,3,11-12H2,1-2H3,(H,24,26). The molecule has 4 aromatic rings. The van der Waals surface area contributed by atoms with Gasteiger partial charge in [-0.1, -0.05) is 41.7 Å². The summed E-state index contributed by atoms with van der Waals surface area (Å²) >= 11 is 1.32. The number of thiazole rings is 1. The lowest BCUT2D eigenvalue weighted by atomic mass is 10.1. The highest BCUT2D eigenvalue weighted by Crippen LogP contribution is 2.32. The molecule has 0 fully saturated rings. The normalized spacial score (nSPS) is 10.9. The molecule has 0 radical (unpaired) electrons. The number of hydrogen-bond acceptors (Lipinski definition) is 6. The minimum atomic E-state index is -0.342. The van der Waals surface area contributed by atoms with Crippen LogP contribution in [0.1, 0.15) is 22.2 Å². The Hall–Kier alpha value is -3.32. The zero-order valence-corrected chi connectivity index (χ0v) is 17.7. The number of nitrogens with one attached hydrogen (secondary N) is 2. The number of benzene rings is 2. The van der Waals surface area contributed by atoms with Gasteiger partial charge in [-0.3, -0.25) is 0 Å². The Morgan fingerprint density at radius 2 is 2.03 bits per heavy atom. The maximum atomic E-state index is 12.4. The molecule has 7 heteroatoms. The van der Waals surface area contributed by atoms with Crippen molar-refractivity contribution in [1.29, 1.82) is 0 Å². The molecule has 2 heterocycles. The van der Waals surface area contributed by atoms with Gasteiger partial charge in [0.05, 0.1) is 19.4 Å². The molecule has 6 nitrogen and oxygen atoms in total. The summed E-state index contributed by atoms with van der Waals surface area (Å²) in [5, 5.41) is 5.21. The third-order valence-corrected chi connectivity index (χ3v) is 5.77. The van der Waals surface area contributed by atoms with E-state index >= 15 is 0 Å². The van der Waals surface area contributed by atoms with E-state index in [1.165, 1.54) is 16.9 Å². The van der Waals surface area contributed by atoms with Crippen molar-refractivity contribution < 1.29 is 14.3 Å². The summed E-state index contributed by atoms with van der Waals surface area (Å²) in [6, 6.07) is 15.7. The Bertz CT molecular complexity index is 1150. The third-order valence-electron chi connectivity index (χ3n) is 4.78. The van der Waals surface area contributed by atoms with E-state index < -0.39 is 0 Å². The van der Waals surface area contributed by atoms with Crippen LogP contribution in [0.3, 0.4) is 0 Å². The minimum absolute atomic E-state index is 0.331. The highest BCUT2D eigenvalue weighted by atomic mass is 32.1. The first kappa shape index (κ1) is 20.0. The molecule has 0 saturated heterocycles. The van der Waals surface area contributed by atoms with Crippen molar-refractivity contribution in [2.45, 2.75) is 13.3 Å². The van der Waals surface area contributed by atoms with E-state index in [0.29, 0.717) is 28.9 Å². The number of nitrogens with zero attached hydrogens (tertiary/aromatic N) is 1. The van der Waals surface area contributed by atoms with Gasteiger partial charge in [-0.2, -0.15) is 0 Å². The molecule has 0 unspecified atom stereocenters. The minimum Gasteiger partial charge on any atom is -0.497 e. The monoisotopic (exact) mass is 421 g/mol. The van der Waals surface area contributed by atoms with Gasteiger partial charge in [-0.25, -0.2) is 9.78 Å². The molecule has 0 aliphatic carbocycles. The van der Waals surface area contributed by atoms with Crippen LogP contribution in [0.5, 0.6) is 5.75 Å². The Balaban J connectivity index is 1.52. The number of aromatic nitrogens is 2. The second-order valence-corrected chi connectivity index (χ2v) is 7.68. The highest BCUT2D eigenvalue weighted by molar-refractivity contribution is 7.17. The Morgan fingerprint density at radius 1 is 1.20 bits per heavy atom. The number of fused-ring (bicyclic) bond motifs is 1. The van der Waals surface area contributed by atoms with Crippen molar-refractivity contribution in [2.24, 2.45) is 0 Å². The van der Waals surface area contributed by atoms with Gasteiger partial charge in [0.25, 0.3) is 0 Å². The van der Waals surface area contributed by atoms with Crippen LogP contribution in [0.25, 0.3) is 22.2 Å². The maximum Gasteiger partial charge on any atom is 0.350 e. The van der Waals surface area contributed by atoms with Crippen molar-refractivity contribution in [3.8, 4) is 17.0 Å². The molecule has 30 heavy (non-hydrogen) atoms. The fraction of sp³-hybridized carbons (Fsp3) is 0.217. The molecule has 0 atom stereocenters. The molecule has 0 aliphatic heterocycles. The molecule has 154 valence electrons. The van der Waals surface area contributed by atoms with Crippen LogP contribution in [0.15, 0.2) is 54.7 Å². The molecular weight excluding hydrogens is 398 g/mol. The lowest BCUT2D eigenvalue weighted by Gasteiger charge is -2.03. The van der Waals surface area contributed by atoms with Gasteiger partial charge in [0.2, 0.25) is 0 Å². The molecule has 2 aromatic carbocycles. The van der Waals surface area contributed by atoms with Gasteiger partial charge in [0.15, 0.2) is 5.13 Å². The fourth-order valence-corrected chi connectivity index (χ4v) is 4.22. The van der Waals surface area contributed by atoms with Gasteiger partial charge in [-0.15, -0.1) is 0 Å². The summed E-state index contributed by atoms with van der Waals surface area (Å²) in [5.41, 5.74) is 3.82. The quantitative estimate of drug-likeness (QED) is 0.386. The van der Waals surface area contributed by atoms with E-state index in [1.807, 2.05) is 54.7 Å². The van der Waals surface area contributed by atoms with Crippen molar-refractivity contribution in [1.82, 2.24) is 9.97 Å². The van der Waals surface area contributed by atoms with Crippen LogP contribution in [-0.4, -0.2) is 36.2 Å². The summed E-state index contributed by atoms with van der Waals surface area (Å²) < 4.78 is 10.6. The van der Waals surface area contributed by atoms with E-state index in [4.69, 9.17) is 9.47 Å². The smallest absolute Gasteiger partial charge is 0.350 e. The van der Waals surface area contributed by atoms with Gasteiger partial charge < -0.3 is 19.8 Å². The average molecular weight is 422 g/mol. The maximum absolute atomic E-state index is 12.4. The summed E-state index contributed by atoms with van der Waals surface area (Å²) in [6.07, 6.45) is 2.83. The predicted octanol–water partition coefficient (Wildman–Crippen LogP) is 5.13. The van der Waals surface area contributed by atoms with Crippen molar-refractivity contribution in [3.05, 3.63) is 65.2 Å². The molecule has 2 aromatic heterocycles. The van der Waals surface area contributed by atoms with E-state index in [2.05, 4.69) is 15.3 Å². The third kappa shape index (κ3) is 4.16. The summed E-state index contributed by atoms with van der Waals surface area (Å²) in [7, 11) is 1.67. The lowest BCUT2D eigenvalue weighted by Crippen LogP contribution is -2.04. The van der Waals surface area contributed by atoms with Crippen molar-refractivity contribution in [2.75, 3.05) is 25.6 Å². The first-order valence-electron chi connectivity index (χ1n) is 9.81. The van der Waals surface area contributed by atoms with Crippen LogP contribution in [-0.2, 0) is 11.2 Å². The van der Waals surface area contributed by atoms with Crippen LogP contribution in [0, 0.1) is 0 Å². The number of H-pyrrole nitrogens is 1. The zero-order chi connectivity index (χ0) is 20.9. The predicted molar refractivity (Wildman–Crippen MR) is 121 cm³/mol. The van der Waals surface area contributed by atoms with Gasteiger partial charge in [-0.05, 0) is 37.1 Å². The Morgan fingerprint density at radius 3 is 2.80 bits per heavy atom. The molecule has 0 aliphatic rings. The topological polar surface area (TPSA) is 76.2 Å². The largest absolute Gasteiger partial charge is 0.497 e. The Labute approximate surface area is 178 Å². The van der Waals surface area contributed by atoms with Crippen molar-refractivity contribution >= 4 is 33.3 Å². The highest BCUT2D eigenvalue weighted by Gasteiger charge is 2.20. The number of hydrogen-bond donors (Lipinski definition) is 2. The number of ether oxygens (including phenoxy) is 2. The first-order valence-corrected chi connectivity index (χ1v) is 10.6. The summed E-state index contributed by atoms with van der Waals surface area (Å²) in [4.78, 5) is 20.9. The van der Waals surface area contributed by atoms with E-state index in [1.54, 1.807) is 14.0 Å². The van der Waals surface area contributed by atoms with Crippen molar-refractivity contribution in [3.63, 3.8) is 0 Å². The van der Waals surface area contributed by atoms with Crippen LogP contribution < -0.4 is 10.1 Å². The first-order chi connectivity index (χ1) is 14.7. The second kappa shape index (κ2) is 9.00. The SMILES string of the molecule is CCOC(=O)c1sc(NCCc2c[nH]c3ccc(OC)cc23)nc1-c1ccccc1. The number of carbonyl (C=O) groups excluding carboxylic acids is 1. The van der Waals surface area contributed by atoms with Crippen LogP contribution in [0.4, 0.5) is 5.13 Å². The summed E-state index contributed by atoms with van der Waals surface area (Å²) in [5.74, 6) is 0.494. The molecule has 0 amide bonds. The van der Waals surface area contributed by atoms with E-state index in [0.717, 1.165) is 28.6 Å². The molecule has 0 bridgehead atoms. The number of carbonyl (C=O) groups is 1. The molecule has 2 N–H and O–H groups in total. The van der Waals surface area contributed by atoms with Crippen LogP contribution in [0.2, 0.25) is 0 Å². The van der Waals surface area contributed by atoms with E-state index in [-0.39, 0.29) is 5.97 Å². The van der Waals surface area contributed by atoms with Crippen LogP contribution >= 0.6 is 11.3 Å². The zero-order valence-electron chi connectivity index (χ0n) is 16.9.